The van der Waals surface area contributed by atoms with Crippen LogP contribution < -0.4 is 0 Å². The fraction of sp³-hybridized carbons (Fsp3) is 0.0952. The molecule has 3 heterocycles. The molecule has 0 N–H and O–H groups in total. The number of benzene rings is 2. The highest BCUT2D eigenvalue weighted by molar-refractivity contribution is 5.85. The van der Waals surface area contributed by atoms with Crippen LogP contribution in [0, 0.1) is 5.82 Å². The van der Waals surface area contributed by atoms with Gasteiger partial charge in [0.15, 0.2) is 16.8 Å². The molecule has 0 aliphatic carbocycles. The maximum absolute atomic E-state index is 13.5. The Morgan fingerprint density at radius 1 is 1.07 bits per heavy atom. The predicted molar refractivity (Wildman–Crippen MR) is 107 cm³/mol. The highest BCUT2D eigenvalue weighted by Gasteiger charge is 2.22. The number of methoxy groups -OCH3 is 1. The van der Waals surface area contributed by atoms with Crippen LogP contribution in [0.2, 0.25) is 0 Å². The molecule has 0 aliphatic rings. The SMILES string of the molecule is COC(=O)Cc1nn(-c2ccc(F)cc2)c2c1nnc1c(-c3ccccc3)cnn12. The number of esters is 1. The Morgan fingerprint density at radius 2 is 1.83 bits per heavy atom. The monoisotopic (exact) mass is 402 g/mol. The average molecular weight is 402 g/mol. The van der Waals surface area contributed by atoms with E-state index in [1.807, 2.05) is 30.3 Å². The summed E-state index contributed by atoms with van der Waals surface area (Å²) in [7, 11) is 1.31. The van der Waals surface area contributed by atoms with Gasteiger partial charge in [-0.05, 0) is 29.8 Å². The number of halogens is 1. The van der Waals surface area contributed by atoms with Crippen molar-refractivity contribution >= 4 is 22.8 Å². The number of hydrogen-bond acceptors (Lipinski definition) is 6. The van der Waals surface area contributed by atoms with Crippen molar-refractivity contribution in [3.8, 4) is 16.8 Å². The van der Waals surface area contributed by atoms with Crippen LogP contribution in [0.15, 0.2) is 60.8 Å². The topological polar surface area (TPSA) is 87.2 Å². The van der Waals surface area contributed by atoms with Gasteiger partial charge in [-0.1, -0.05) is 30.3 Å². The van der Waals surface area contributed by atoms with Gasteiger partial charge in [-0.25, -0.2) is 9.07 Å². The van der Waals surface area contributed by atoms with Gasteiger partial charge in [0.2, 0.25) is 0 Å². The lowest BCUT2D eigenvalue weighted by atomic mass is 10.1. The molecular weight excluding hydrogens is 387 g/mol. The molecule has 148 valence electrons. The summed E-state index contributed by atoms with van der Waals surface area (Å²) in [4.78, 5) is 11.9. The maximum atomic E-state index is 13.5. The molecule has 0 aliphatic heterocycles. The van der Waals surface area contributed by atoms with Gasteiger partial charge in [-0.15, -0.1) is 10.2 Å². The van der Waals surface area contributed by atoms with E-state index in [1.165, 1.54) is 19.2 Å². The molecule has 0 bridgehead atoms. The van der Waals surface area contributed by atoms with E-state index in [0.29, 0.717) is 28.2 Å². The van der Waals surface area contributed by atoms with Crippen molar-refractivity contribution < 1.29 is 13.9 Å². The second kappa shape index (κ2) is 7.03. The van der Waals surface area contributed by atoms with Gasteiger partial charge < -0.3 is 4.74 Å². The van der Waals surface area contributed by atoms with Gasteiger partial charge >= 0.3 is 5.97 Å². The summed E-state index contributed by atoms with van der Waals surface area (Å²) < 4.78 is 21.4. The van der Waals surface area contributed by atoms with Gasteiger partial charge in [0.1, 0.15) is 11.5 Å². The first-order chi connectivity index (χ1) is 14.7. The molecule has 3 aromatic heterocycles. The Kier molecular flexibility index (Phi) is 4.20. The number of carbonyl (C=O) groups excluding carboxylic acids is 1. The van der Waals surface area contributed by atoms with Crippen molar-refractivity contribution in [1.82, 2.24) is 29.6 Å². The Hall–Kier alpha value is -4.14. The lowest BCUT2D eigenvalue weighted by Crippen LogP contribution is -2.06. The quantitative estimate of drug-likeness (QED) is 0.430. The van der Waals surface area contributed by atoms with E-state index in [9.17, 15) is 9.18 Å². The van der Waals surface area contributed by atoms with Crippen molar-refractivity contribution in [3.05, 3.63) is 72.3 Å². The largest absolute Gasteiger partial charge is 0.469 e. The summed E-state index contributed by atoms with van der Waals surface area (Å²) in [5.74, 6) is -0.812. The Bertz CT molecular complexity index is 1380. The maximum Gasteiger partial charge on any atom is 0.311 e. The Morgan fingerprint density at radius 3 is 2.57 bits per heavy atom. The fourth-order valence-electron chi connectivity index (χ4n) is 3.34. The number of hydrogen-bond donors (Lipinski definition) is 0. The van der Waals surface area contributed by atoms with Crippen LogP contribution in [0.5, 0.6) is 0 Å². The van der Waals surface area contributed by atoms with Crippen LogP contribution in [0.1, 0.15) is 5.69 Å². The molecule has 8 nitrogen and oxygen atoms in total. The molecule has 5 rings (SSSR count). The zero-order valence-corrected chi connectivity index (χ0v) is 15.9. The Labute approximate surface area is 169 Å². The third-order valence-electron chi connectivity index (χ3n) is 4.79. The first kappa shape index (κ1) is 17.9. The van der Waals surface area contributed by atoms with Gasteiger partial charge in [0.25, 0.3) is 0 Å². The number of aromatic nitrogens is 6. The molecule has 2 aromatic carbocycles. The lowest BCUT2D eigenvalue weighted by molar-refractivity contribution is -0.139. The molecule has 9 heteroatoms. The molecule has 0 atom stereocenters. The second-order valence-corrected chi connectivity index (χ2v) is 6.62. The molecule has 0 unspecified atom stereocenters. The van der Waals surface area contributed by atoms with Crippen LogP contribution in [0.25, 0.3) is 33.6 Å². The van der Waals surface area contributed by atoms with Crippen LogP contribution in [-0.4, -0.2) is 42.7 Å². The second-order valence-electron chi connectivity index (χ2n) is 6.62. The van der Waals surface area contributed by atoms with Crippen molar-refractivity contribution in [1.29, 1.82) is 0 Å². The summed E-state index contributed by atoms with van der Waals surface area (Å²) in [5, 5.41) is 17.7. The van der Waals surface area contributed by atoms with Crippen LogP contribution in [0.3, 0.4) is 0 Å². The van der Waals surface area contributed by atoms with Crippen molar-refractivity contribution in [2.24, 2.45) is 0 Å². The van der Waals surface area contributed by atoms with Gasteiger partial charge in [-0.3, -0.25) is 4.79 Å². The summed E-state index contributed by atoms with van der Waals surface area (Å²) >= 11 is 0. The van der Waals surface area contributed by atoms with Crippen molar-refractivity contribution in [2.45, 2.75) is 6.42 Å². The number of fused-ring (bicyclic) bond motifs is 3. The number of rotatable bonds is 4. The minimum absolute atomic E-state index is 0.0752. The molecule has 0 fully saturated rings. The smallest absolute Gasteiger partial charge is 0.311 e. The van der Waals surface area contributed by atoms with E-state index in [1.54, 1.807) is 27.5 Å². The van der Waals surface area contributed by atoms with Crippen LogP contribution >= 0.6 is 0 Å². The lowest BCUT2D eigenvalue weighted by Gasteiger charge is -2.04. The number of nitrogens with zero attached hydrogens (tertiary/aromatic N) is 6. The van der Waals surface area contributed by atoms with E-state index in [-0.39, 0.29) is 12.2 Å². The summed E-state index contributed by atoms with van der Waals surface area (Å²) in [6.45, 7) is 0. The zero-order valence-electron chi connectivity index (χ0n) is 15.9. The Balaban J connectivity index is 1.79. The molecule has 0 radical (unpaired) electrons. The minimum atomic E-state index is -0.451. The van der Waals surface area contributed by atoms with E-state index < -0.39 is 5.97 Å². The fourth-order valence-corrected chi connectivity index (χ4v) is 3.34. The molecule has 0 amide bonds. The summed E-state index contributed by atoms with van der Waals surface area (Å²) in [5.41, 5.74) is 4.24. The van der Waals surface area contributed by atoms with Gasteiger partial charge in [0, 0.05) is 5.56 Å². The third-order valence-corrected chi connectivity index (χ3v) is 4.79. The van der Waals surface area contributed by atoms with E-state index in [2.05, 4.69) is 20.4 Å². The predicted octanol–water partition coefficient (Wildman–Crippen LogP) is 2.98. The highest BCUT2D eigenvalue weighted by atomic mass is 19.1. The van der Waals surface area contributed by atoms with Gasteiger partial charge in [-0.2, -0.15) is 14.7 Å². The van der Waals surface area contributed by atoms with E-state index in [0.717, 1.165) is 11.1 Å². The first-order valence-electron chi connectivity index (χ1n) is 9.16. The molecule has 30 heavy (non-hydrogen) atoms. The van der Waals surface area contributed by atoms with E-state index >= 15 is 0 Å². The van der Waals surface area contributed by atoms with Crippen LogP contribution in [-0.2, 0) is 16.0 Å². The first-order valence-corrected chi connectivity index (χ1v) is 9.16. The van der Waals surface area contributed by atoms with E-state index in [4.69, 9.17) is 4.74 Å². The normalized spacial score (nSPS) is 11.3. The highest BCUT2D eigenvalue weighted by Crippen LogP contribution is 2.27. The molecule has 0 saturated heterocycles. The van der Waals surface area contributed by atoms with Crippen molar-refractivity contribution in [2.75, 3.05) is 7.11 Å². The third kappa shape index (κ3) is 2.87. The zero-order chi connectivity index (χ0) is 20.7. The standard InChI is InChI=1S/C21H15FN6O2/c1-30-18(29)11-17-19-21(27(26-17)15-9-7-14(22)8-10-15)28-20(25-24-19)16(12-23-28)13-5-3-2-4-6-13/h2-10,12H,11H2,1H3. The van der Waals surface area contributed by atoms with Crippen molar-refractivity contribution in [3.63, 3.8) is 0 Å². The minimum Gasteiger partial charge on any atom is -0.469 e. The summed E-state index contributed by atoms with van der Waals surface area (Å²) in [6, 6.07) is 15.6. The summed E-state index contributed by atoms with van der Waals surface area (Å²) in [6.07, 6.45) is 1.63. The molecule has 5 aromatic rings. The number of carbonyl (C=O) groups is 1. The van der Waals surface area contributed by atoms with Crippen LogP contribution in [0.4, 0.5) is 4.39 Å². The molecular formula is C21H15FN6O2. The molecule has 0 saturated carbocycles. The average Bonchev–Trinajstić information content (AvgIpc) is 3.36. The molecule has 0 spiro atoms. The number of ether oxygens (including phenoxy) is 1. The van der Waals surface area contributed by atoms with Gasteiger partial charge in [0.05, 0.1) is 25.4 Å².